The number of rotatable bonds is 8. The zero-order chi connectivity index (χ0) is 28.5. The number of carbonyl (C=O) groups excluding carboxylic acids is 1. The Bertz CT molecular complexity index is 1460. The summed E-state index contributed by atoms with van der Waals surface area (Å²) in [6.07, 6.45) is 0. The van der Waals surface area contributed by atoms with Crippen LogP contribution in [-0.4, -0.2) is 47.4 Å². The van der Waals surface area contributed by atoms with E-state index in [1.807, 2.05) is 18.6 Å². The zero-order valence-electron chi connectivity index (χ0n) is 20.2. The predicted octanol–water partition coefficient (Wildman–Crippen LogP) is 3.01. The molecule has 0 aliphatic carbocycles. The van der Waals surface area contributed by atoms with Gasteiger partial charge in [0.05, 0.1) is 15.4 Å². The van der Waals surface area contributed by atoms with Crippen molar-refractivity contribution >= 4 is 39.1 Å². The Morgan fingerprint density at radius 2 is 1.61 bits per heavy atom. The van der Waals surface area contributed by atoms with Crippen LogP contribution in [0.4, 0.5) is 11.4 Å². The summed E-state index contributed by atoms with van der Waals surface area (Å²) >= 11 is 0. The molecule has 200 valence electrons. The van der Waals surface area contributed by atoms with Crippen molar-refractivity contribution in [3.8, 4) is 0 Å². The highest BCUT2D eigenvalue weighted by atomic mass is 32.2. The smallest absolute Gasteiger partial charge is 0.335 e. The third kappa shape index (κ3) is 8.03. The summed E-state index contributed by atoms with van der Waals surface area (Å²) in [4.78, 5) is 32.6. The molecular formula is C24H25N5O8S. The van der Waals surface area contributed by atoms with E-state index in [4.69, 9.17) is 16.0 Å². The van der Waals surface area contributed by atoms with Gasteiger partial charge in [-0.1, -0.05) is 35.5 Å². The molecule has 13 nitrogen and oxygen atoms in total. The number of carboxylic acid groups (broad SMARTS) is 1. The molecular weight excluding hydrogens is 518 g/mol. The first-order chi connectivity index (χ1) is 17.9. The molecule has 0 heterocycles. The minimum absolute atomic E-state index is 0.0365. The highest BCUT2D eigenvalue weighted by Gasteiger charge is 2.20. The summed E-state index contributed by atoms with van der Waals surface area (Å²) in [6, 6.07) is 17.2. The SMILES string of the molecule is CC(C)Nc1ccc(C(=O)O)cc1[N+](=O)[O-].N/C(=N/O)c1cccc(S(=O)(=O)NC(=O)c2ccccc2)c1. The maximum atomic E-state index is 12.2. The number of amidine groups is 1. The molecule has 14 heteroatoms. The van der Waals surface area contributed by atoms with E-state index in [1.165, 1.54) is 48.5 Å². The average Bonchev–Trinajstić information content (AvgIpc) is 2.88. The van der Waals surface area contributed by atoms with Crippen LogP contribution in [0.1, 0.15) is 40.1 Å². The van der Waals surface area contributed by atoms with Crippen molar-refractivity contribution in [2.75, 3.05) is 5.32 Å². The van der Waals surface area contributed by atoms with Gasteiger partial charge in [-0.15, -0.1) is 0 Å². The van der Waals surface area contributed by atoms with Gasteiger partial charge in [0.2, 0.25) is 0 Å². The maximum absolute atomic E-state index is 12.2. The van der Waals surface area contributed by atoms with E-state index in [-0.39, 0.29) is 39.2 Å². The van der Waals surface area contributed by atoms with Gasteiger partial charge < -0.3 is 21.4 Å². The van der Waals surface area contributed by atoms with E-state index in [1.54, 1.807) is 18.2 Å². The Hall–Kier alpha value is -4.98. The summed E-state index contributed by atoms with van der Waals surface area (Å²) in [5, 5.41) is 33.8. The molecule has 6 N–H and O–H groups in total. The molecule has 0 atom stereocenters. The monoisotopic (exact) mass is 543 g/mol. The van der Waals surface area contributed by atoms with Gasteiger partial charge in [-0.05, 0) is 50.2 Å². The van der Waals surface area contributed by atoms with Crippen LogP contribution in [0.25, 0.3) is 0 Å². The van der Waals surface area contributed by atoms with Crippen LogP contribution >= 0.6 is 0 Å². The van der Waals surface area contributed by atoms with Crippen LogP contribution < -0.4 is 15.8 Å². The molecule has 0 saturated carbocycles. The zero-order valence-corrected chi connectivity index (χ0v) is 21.0. The first-order valence-corrected chi connectivity index (χ1v) is 12.3. The van der Waals surface area contributed by atoms with Crippen molar-refractivity contribution in [2.45, 2.75) is 24.8 Å². The van der Waals surface area contributed by atoms with E-state index in [2.05, 4.69) is 10.5 Å². The van der Waals surface area contributed by atoms with Gasteiger partial charge in [0.15, 0.2) is 5.84 Å². The largest absolute Gasteiger partial charge is 0.478 e. The summed E-state index contributed by atoms with van der Waals surface area (Å²) < 4.78 is 26.4. The topological polar surface area (TPSA) is 214 Å². The number of hydrogen-bond acceptors (Lipinski definition) is 9. The van der Waals surface area contributed by atoms with Crippen LogP contribution in [0.2, 0.25) is 0 Å². The number of benzene rings is 3. The lowest BCUT2D eigenvalue weighted by atomic mass is 10.1. The summed E-state index contributed by atoms with van der Waals surface area (Å²) in [7, 11) is -4.06. The first kappa shape index (κ1) is 29.3. The number of carbonyl (C=O) groups is 2. The van der Waals surface area contributed by atoms with E-state index in [0.717, 1.165) is 6.07 Å². The van der Waals surface area contributed by atoms with E-state index in [9.17, 15) is 28.1 Å². The molecule has 0 aromatic heterocycles. The van der Waals surface area contributed by atoms with Crippen molar-refractivity contribution in [3.05, 3.63) is 99.6 Å². The van der Waals surface area contributed by atoms with Gasteiger partial charge in [0.1, 0.15) is 5.69 Å². The molecule has 0 spiro atoms. The molecule has 3 rings (SSSR count). The molecule has 38 heavy (non-hydrogen) atoms. The molecule has 1 amide bonds. The lowest BCUT2D eigenvalue weighted by Crippen LogP contribution is -2.30. The molecule has 0 aliphatic rings. The number of anilines is 1. The number of hydrogen-bond donors (Lipinski definition) is 5. The van der Waals surface area contributed by atoms with Gasteiger partial charge in [-0.25, -0.2) is 17.9 Å². The quantitative estimate of drug-likeness (QED) is 0.0920. The molecule has 0 bridgehead atoms. The third-order valence-corrected chi connectivity index (χ3v) is 6.03. The van der Waals surface area contributed by atoms with Crippen LogP contribution in [0, 0.1) is 10.1 Å². The Morgan fingerprint density at radius 1 is 0.974 bits per heavy atom. The third-order valence-electron chi connectivity index (χ3n) is 4.70. The Labute approximate surface area is 217 Å². The molecule has 0 radical (unpaired) electrons. The van der Waals surface area contributed by atoms with Crippen molar-refractivity contribution in [1.29, 1.82) is 0 Å². The number of amides is 1. The molecule has 0 unspecified atom stereocenters. The highest BCUT2D eigenvalue weighted by Crippen LogP contribution is 2.26. The number of oxime groups is 1. The Kier molecular flexibility index (Phi) is 9.87. The summed E-state index contributed by atoms with van der Waals surface area (Å²) in [5.41, 5.74) is 5.86. The number of aromatic carboxylic acids is 1. The fourth-order valence-corrected chi connectivity index (χ4v) is 3.98. The van der Waals surface area contributed by atoms with Gasteiger partial charge in [0, 0.05) is 23.2 Å². The molecule has 0 saturated heterocycles. The molecule has 3 aromatic rings. The van der Waals surface area contributed by atoms with E-state index in [0.29, 0.717) is 5.69 Å². The lowest BCUT2D eigenvalue weighted by molar-refractivity contribution is -0.384. The van der Waals surface area contributed by atoms with Gasteiger partial charge in [-0.3, -0.25) is 14.9 Å². The first-order valence-electron chi connectivity index (χ1n) is 10.8. The van der Waals surface area contributed by atoms with Crippen LogP contribution in [0.3, 0.4) is 0 Å². The number of nitro groups is 1. The van der Waals surface area contributed by atoms with Crippen LogP contribution in [0.5, 0.6) is 0 Å². The maximum Gasteiger partial charge on any atom is 0.335 e. The average molecular weight is 544 g/mol. The van der Waals surface area contributed by atoms with Crippen molar-refractivity contribution in [3.63, 3.8) is 0 Å². The van der Waals surface area contributed by atoms with Gasteiger partial charge in [-0.2, -0.15) is 0 Å². The number of sulfonamides is 1. The second-order valence-electron chi connectivity index (χ2n) is 7.91. The molecule has 3 aromatic carbocycles. The summed E-state index contributed by atoms with van der Waals surface area (Å²) in [6.45, 7) is 3.68. The van der Waals surface area contributed by atoms with Crippen molar-refractivity contribution in [1.82, 2.24) is 4.72 Å². The number of nitrogens with one attached hydrogen (secondary N) is 2. The van der Waals surface area contributed by atoms with E-state index < -0.39 is 26.8 Å². The lowest BCUT2D eigenvalue weighted by Gasteiger charge is -2.10. The number of nitrogens with zero attached hydrogens (tertiary/aromatic N) is 2. The van der Waals surface area contributed by atoms with Gasteiger partial charge >= 0.3 is 5.97 Å². The van der Waals surface area contributed by atoms with E-state index >= 15 is 0 Å². The Morgan fingerprint density at radius 3 is 2.16 bits per heavy atom. The minimum Gasteiger partial charge on any atom is -0.478 e. The molecule has 0 fully saturated rings. The fourth-order valence-electron chi connectivity index (χ4n) is 2.96. The van der Waals surface area contributed by atoms with Crippen molar-refractivity contribution < 1.29 is 33.2 Å². The highest BCUT2D eigenvalue weighted by molar-refractivity contribution is 7.90. The fraction of sp³-hybridized carbons (Fsp3) is 0.125. The van der Waals surface area contributed by atoms with Gasteiger partial charge in [0.25, 0.3) is 21.6 Å². The van der Waals surface area contributed by atoms with Crippen LogP contribution in [-0.2, 0) is 10.0 Å². The summed E-state index contributed by atoms with van der Waals surface area (Å²) in [5.74, 6) is -2.15. The number of nitrogens with two attached hydrogens (primary N) is 1. The van der Waals surface area contributed by atoms with Crippen LogP contribution in [0.15, 0.2) is 82.8 Å². The standard InChI is InChI=1S/C14H13N3O4S.C10H12N2O4/c15-13(16-19)11-7-4-8-12(9-11)22(20,21)17-14(18)10-5-2-1-3-6-10;1-6(2)11-8-4-3-7(10(13)14)5-9(8)12(15)16/h1-9,19H,(H2,15,16)(H,17,18);3-6,11H,1-2H3,(H,13,14). The normalized spacial score (nSPS) is 11.2. The second-order valence-corrected chi connectivity index (χ2v) is 9.59. The minimum atomic E-state index is -4.06. The van der Waals surface area contributed by atoms with Crippen molar-refractivity contribution in [2.24, 2.45) is 10.9 Å². The Balaban J connectivity index is 0.000000281. The predicted molar refractivity (Wildman–Crippen MR) is 139 cm³/mol. The number of carboxylic acids is 1. The second kappa shape index (κ2) is 12.8. The molecule has 0 aliphatic heterocycles. The number of nitro benzene ring substituents is 1.